The number of esters is 1. The zero-order valence-electron chi connectivity index (χ0n) is 11.4. The highest BCUT2D eigenvalue weighted by molar-refractivity contribution is 5.79. The fourth-order valence-corrected chi connectivity index (χ4v) is 2.32. The van der Waals surface area contributed by atoms with Crippen LogP contribution in [-0.2, 0) is 14.3 Å². The number of ether oxygens (including phenoxy) is 1. The Kier molecular flexibility index (Phi) is 6.72. The molecule has 0 aromatic heterocycles. The van der Waals surface area contributed by atoms with Crippen molar-refractivity contribution in [3.8, 4) is 0 Å². The fourth-order valence-electron chi connectivity index (χ4n) is 2.32. The van der Waals surface area contributed by atoms with Crippen molar-refractivity contribution in [2.45, 2.75) is 45.1 Å². The first-order chi connectivity index (χ1) is 8.67. The molecule has 1 fully saturated rings. The Morgan fingerprint density at radius 3 is 2.50 bits per heavy atom. The van der Waals surface area contributed by atoms with Gasteiger partial charge in [0.15, 0.2) is 0 Å². The van der Waals surface area contributed by atoms with Crippen molar-refractivity contribution >= 4 is 11.9 Å². The van der Waals surface area contributed by atoms with E-state index in [9.17, 15) is 9.59 Å². The lowest BCUT2D eigenvalue weighted by atomic mass is 10.2. The first-order valence-electron chi connectivity index (χ1n) is 6.75. The normalized spacial score (nSPS) is 15.9. The largest absolute Gasteiger partial charge is 0.468 e. The van der Waals surface area contributed by atoms with Gasteiger partial charge in [0, 0.05) is 12.6 Å². The van der Waals surface area contributed by atoms with Crippen LogP contribution in [0.5, 0.6) is 0 Å². The molecule has 1 amide bonds. The van der Waals surface area contributed by atoms with Crippen LogP contribution >= 0.6 is 0 Å². The van der Waals surface area contributed by atoms with E-state index in [4.69, 9.17) is 4.74 Å². The molecule has 5 nitrogen and oxygen atoms in total. The Hall–Kier alpha value is -1.10. The summed E-state index contributed by atoms with van der Waals surface area (Å²) >= 11 is 0. The minimum atomic E-state index is -0.273. The number of carbonyl (C=O) groups is 2. The van der Waals surface area contributed by atoms with Gasteiger partial charge in [-0.05, 0) is 19.3 Å². The summed E-state index contributed by atoms with van der Waals surface area (Å²) < 4.78 is 4.69. The van der Waals surface area contributed by atoms with Gasteiger partial charge in [-0.25, -0.2) is 0 Å². The molecule has 0 radical (unpaired) electrons. The Bertz CT molecular complexity index is 275. The molecular weight excluding hydrogens is 232 g/mol. The van der Waals surface area contributed by atoms with Crippen LogP contribution in [0.1, 0.15) is 39.0 Å². The lowest BCUT2D eigenvalue weighted by Crippen LogP contribution is -2.44. The molecule has 0 spiro atoms. The standard InChI is InChI=1S/C13H24N2O3/c1-3-8-14-12(16)9-15(10-13(17)18-2)11-6-4-5-7-11/h11H,3-10H2,1-2H3,(H,14,16). The molecule has 0 heterocycles. The molecule has 1 aliphatic rings. The Balaban J connectivity index is 2.48. The highest BCUT2D eigenvalue weighted by Crippen LogP contribution is 2.23. The van der Waals surface area contributed by atoms with Crippen molar-refractivity contribution in [3.63, 3.8) is 0 Å². The third-order valence-corrected chi connectivity index (χ3v) is 3.32. The molecule has 5 heteroatoms. The van der Waals surface area contributed by atoms with Crippen molar-refractivity contribution in [3.05, 3.63) is 0 Å². The van der Waals surface area contributed by atoms with Crippen molar-refractivity contribution in [2.75, 3.05) is 26.7 Å². The van der Waals surface area contributed by atoms with Gasteiger partial charge in [0.1, 0.15) is 0 Å². The SMILES string of the molecule is CCCNC(=O)CN(CC(=O)OC)C1CCCC1. The molecule has 1 aliphatic carbocycles. The summed E-state index contributed by atoms with van der Waals surface area (Å²) in [6.45, 7) is 3.21. The molecule has 18 heavy (non-hydrogen) atoms. The summed E-state index contributed by atoms with van der Waals surface area (Å²) in [5.41, 5.74) is 0. The molecule has 0 aromatic carbocycles. The first-order valence-corrected chi connectivity index (χ1v) is 6.75. The van der Waals surface area contributed by atoms with Crippen LogP contribution in [-0.4, -0.2) is 49.6 Å². The van der Waals surface area contributed by atoms with Crippen LogP contribution in [0.2, 0.25) is 0 Å². The quantitative estimate of drug-likeness (QED) is 0.688. The second-order valence-corrected chi connectivity index (χ2v) is 4.77. The van der Waals surface area contributed by atoms with Gasteiger partial charge >= 0.3 is 5.97 Å². The summed E-state index contributed by atoms with van der Waals surface area (Å²) in [5.74, 6) is -0.280. The monoisotopic (exact) mass is 256 g/mol. The molecule has 0 aromatic rings. The number of nitrogens with one attached hydrogen (secondary N) is 1. The van der Waals surface area contributed by atoms with Crippen LogP contribution < -0.4 is 5.32 Å². The van der Waals surface area contributed by atoms with Gasteiger partial charge in [-0.3, -0.25) is 14.5 Å². The Morgan fingerprint density at radius 1 is 1.28 bits per heavy atom. The van der Waals surface area contributed by atoms with Crippen LogP contribution in [0.4, 0.5) is 0 Å². The summed E-state index contributed by atoms with van der Waals surface area (Å²) in [6.07, 6.45) is 5.42. The average Bonchev–Trinajstić information content (AvgIpc) is 2.89. The maximum Gasteiger partial charge on any atom is 0.319 e. The summed E-state index contributed by atoms with van der Waals surface area (Å²) in [5, 5.41) is 2.84. The van der Waals surface area contributed by atoms with E-state index in [1.165, 1.54) is 20.0 Å². The zero-order valence-corrected chi connectivity index (χ0v) is 11.4. The van der Waals surface area contributed by atoms with Gasteiger partial charge in [0.2, 0.25) is 5.91 Å². The molecule has 1 saturated carbocycles. The maximum atomic E-state index is 11.7. The average molecular weight is 256 g/mol. The number of rotatable bonds is 7. The molecular formula is C13H24N2O3. The van der Waals surface area contributed by atoms with Crippen molar-refractivity contribution in [2.24, 2.45) is 0 Å². The van der Waals surface area contributed by atoms with Crippen LogP contribution in [0.25, 0.3) is 0 Å². The molecule has 0 unspecified atom stereocenters. The number of hydrogen-bond donors (Lipinski definition) is 1. The van der Waals surface area contributed by atoms with Crippen LogP contribution in [0, 0.1) is 0 Å². The van der Waals surface area contributed by atoms with E-state index < -0.39 is 0 Å². The number of carbonyl (C=O) groups excluding carboxylic acids is 2. The van der Waals surface area contributed by atoms with Crippen LogP contribution in [0.15, 0.2) is 0 Å². The van der Waals surface area contributed by atoms with Gasteiger partial charge in [-0.1, -0.05) is 19.8 Å². The number of amides is 1. The lowest BCUT2D eigenvalue weighted by Gasteiger charge is -2.26. The topological polar surface area (TPSA) is 58.6 Å². The maximum absolute atomic E-state index is 11.7. The zero-order chi connectivity index (χ0) is 13.4. The van der Waals surface area contributed by atoms with Crippen molar-refractivity contribution < 1.29 is 14.3 Å². The number of methoxy groups -OCH3 is 1. The summed E-state index contributed by atoms with van der Waals surface area (Å²) in [6, 6.07) is 0.344. The van der Waals surface area contributed by atoms with Gasteiger partial charge < -0.3 is 10.1 Å². The van der Waals surface area contributed by atoms with E-state index in [2.05, 4.69) is 5.32 Å². The van der Waals surface area contributed by atoms with E-state index in [0.717, 1.165) is 19.3 Å². The van der Waals surface area contributed by atoms with E-state index in [1.807, 2.05) is 11.8 Å². The third-order valence-electron chi connectivity index (χ3n) is 3.32. The Labute approximate surface area is 109 Å². The minimum absolute atomic E-state index is 0.00680. The molecule has 0 bridgehead atoms. The van der Waals surface area contributed by atoms with E-state index >= 15 is 0 Å². The molecule has 1 N–H and O–H groups in total. The predicted octanol–water partition coefficient (Wildman–Crippen LogP) is 0.930. The van der Waals surface area contributed by atoms with E-state index in [-0.39, 0.29) is 18.4 Å². The highest BCUT2D eigenvalue weighted by Gasteiger charge is 2.26. The molecule has 104 valence electrons. The molecule has 0 aliphatic heterocycles. The minimum Gasteiger partial charge on any atom is -0.468 e. The van der Waals surface area contributed by atoms with Crippen LogP contribution in [0.3, 0.4) is 0 Å². The molecule has 0 atom stereocenters. The van der Waals surface area contributed by atoms with Crippen molar-refractivity contribution in [1.29, 1.82) is 0 Å². The third kappa shape index (κ3) is 5.04. The molecule has 0 saturated heterocycles. The van der Waals surface area contributed by atoms with Gasteiger partial charge in [0.25, 0.3) is 0 Å². The number of hydrogen-bond acceptors (Lipinski definition) is 4. The Morgan fingerprint density at radius 2 is 1.94 bits per heavy atom. The fraction of sp³-hybridized carbons (Fsp3) is 0.846. The smallest absolute Gasteiger partial charge is 0.319 e. The van der Waals surface area contributed by atoms with Crippen molar-refractivity contribution in [1.82, 2.24) is 10.2 Å². The highest BCUT2D eigenvalue weighted by atomic mass is 16.5. The molecule has 1 rings (SSSR count). The van der Waals surface area contributed by atoms with E-state index in [1.54, 1.807) is 0 Å². The predicted molar refractivity (Wildman–Crippen MR) is 69.1 cm³/mol. The summed E-state index contributed by atoms with van der Waals surface area (Å²) in [7, 11) is 1.38. The number of nitrogens with zero attached hydrogens (tertiary/aromatic N) is 1. The lowest BCUT2D eigenvalue weighted by molar-refractivity contribution is -0.143. The van der Waals surface area contributed by atoms with E-state index in [0.29, 0.717) is 19.1 Å². The van der Waals surface area contributed by atoms with Gasteiger partial charge in [-0.2, -0.15) is 0 Å². The second kappa shape index (κ2) is 8.08. The van der Waals surface area contributed by atoms with Gasteiger partial charge in [-0.15, -0.1) is 0 Å². The second-order valence-electron chi connectivity index (χ2n) is 4.77. The first kappa shape index (κ1) is 15.0. The van der Waals surface area contributed by atoms with Gasteiger partial charge in [0.05, 0.1) is 20.2 Å². The summed E-state index contributed by atoms with van der Waals surface area (Å²) in [4.78, 5) is 25.1.